The number of carbonyl (C=O) groups excluding carboxylic acids is 1. The highest BCUT2D eigenvalue weighted by Gasteiger charge is 2.28. The van der Waals surface area contributed by atoms with Gasteiger partial charge in [-0.05, 0) is 24.3 Å². The fourth-order valence-electron chi connectivity index (χ4n) is 2.15. The first-order chi connectivity index (χ1) is 8.63. The van der Waals surface area contributed by atoms with Gasteiger partial charge in [-0.1, -0.05) is 12.2 Å². The summed E-state index contributed by atoms with van der Waals surface area (Å²) in [7, 11) is 1.58. The smallest absolute Gasteiger partial charge is 0.267 e. The zero-order chi connectivity index (χ0) is 13.1. The maximum Gasteiger partial charge on any atom is 0.267 e. The number of hydrogen-bond acceptors (Lipinski definition) is 4. The largest absolute Gasteiger partial charge is 0.495 e. The molecule has 0 bridgehead atoms. The molecule has 6 heteroatoms. The molecule has 0 radical (unpaired) electrons. The number of thiophene rings is 1. The molecule has 1 unspecified atom stereocenters. The standard InChI is InChI=1S/C12H16N2O2S2/c1-16-9-4-6-18-10(9)12(15)14-5-2-3-8(7-14)11(13)17/h4,6,8H,2-3,5,7H2,1H3,(H2,13,17). The SMILES string of the molecule is COc1ccsc1C(=O)N1CCCC(C(N)=S)C1. The summed E-state index contributed by atoms with van der Waals surface area (Å²) in [6, 6.07) is 1.81. The molecular weight excluding hydrogens is 268 g/mol. The number of nitrogens with two attached hydrogens (primary N) is 1. The Morgan fingerprint density at radius 2 is 2.44 bits per heavy atom. The van der Waals surface area contributed by atoms with E-state index in [4.69, 9.17) is 22.7 Å². The van der Waals surface area contributed by atoms with Gasteiger partial charge in [0.05, 0.1) is 12.1 Å². The average molecular weight is 284 g/mol. The van der Waals surface area contributed by atoms with Gasteiger partial charge in [-0.15, -0.1) is 11.3 Å². The summed E-state index contributed by atoms with van der Waals surface area (Å²) in [5.74, 6) is 0.800. The normalized spacial score (nSPS) is 19.6. The molecule has 1 atom stereocenters. The van der Waals surface area contributed by atoms with Crippen molar-refractivity contribution in [2.75, 3.05) is 20.2 Å². The van der Waals surface area contributed by atoms with Crippen molar-refractivity contribution in [3.63, 3.8) is 0 Å². The van der Waals surface area contributed by atoms with Gasteiger partial charge >= 0.3 is 0 Å². The second kappa shape index (κ2) is 5.67. The van der Waals surface area contributed by atoms with E-state index in [0.717, 1.165) is 19.4 Å². The third kappa shape index (κ3) is 2.64. The third-order valence-corrected chi connectivity index (χ3v) is 4.37. The van der Waals surface area contributed by atoms with Gasteiger partial charge in [-0.25, -0.2) is 0 Å². The molecule has 1 aliphatic heterocycles. The van der Waals surface area contributed by atoms with Gasteiger partial charge in [-0.3, -0.25) is 4.79 Å². The molecule has 4 nitrogen and oxygen atoms in total. The molecule has 1 aliphatic rings. The minimum absolute atomic E-state index is 0.0165. The topological polar surface area (TPSA) is 55.6 Å². The molecule has 98 valence electrons. The van der Waals surface area contributed by atoms with Gasteiger partial charge in [0.15, 0.2) is 0 Å². The number of rotatable bonds is 3. The maximum absolute atomic E-state index is 12.4. The van der Waals surface area contributed by atoms with Crippen LogP contribution in [0.3, 0.4) is 0 Å². The van der Waals surface area contributed by atoms with E-state index in [1.165, 1.54) is 11.3 Å². The summed E-state index contributed by atoms with van der Waals surface area (Å²) in [5.41, 5.74) is 5.68. The lowest BCUT2D eigenvalue weighted by Gasteiger charge is -2.32. The van der Waals surface area contributed by atoms with Crippen molar-refractivity contribution in [3.8, 4) is 5.75 Å². The number of nitrogens with zero attached hydrogens (tertiary/aromatic N) is 1. The lowest BCUT2D eigenvalue weighted by molar-refractivity contribution is 0.0705. The Balaban J connectivity index is 2.11. The second-order valence-electron chi connectivity index (χ2n) is 4.31. The quantitative estimate of drug-likeness (QED) is 0.861. The van der Waals surface area contributed by atoms with Gasteiger partial charge in [-0.2, -0.15) is 0 Å². The molecule has 0 aromatic carbocycles. The second-order valence-corrected chi connectivity index (χ2v) is 5.70. The van der Waals surface area contributed by atoms with E-state index >= 15 is 0 Å². The van der Waals surface area contributed by atoms with E-state index in [1.807, 2.05) is 16.3 Å². The van der Waals surface area contributed by atoms with E-state index in [2.05, 4.69) is 0 Å². The lowest BCUT2D eigenvalue weighted by Crippen LogP contribution is -2.43. The zero-order valence-corrected chi connectivity index (χ0v) is 11.9. The van der Waals surface area contributed by atoms with Crippen LogP contribution in [0.15, 0.2) is 11.4 Å². The molecule has 1 fully saturated rings. The van der Waals surface area contributed by atoms with Crippen molar-refractivity contribution < 1.29 is 9.53 Å². The first kappa shape index (κ1) is 13.3. The zero-order valence-electron chi connectivity index (χ0n) is 10.2. The fourth-order valence-corrected chi connectivity index (χ4v) is 3.17. The van der Waals surface area contributed by atoms with Crippen molar-refractivity contribution in [2.24, 2.45) is 11.7 Å². The molecular formula is C12H16N2O2S2. The van der Waals surface area contributed by atoms with Crippen LogP contribution in [-0.2, 0) is 0 Å². The first-order valence-electron chi connectivity index (χ1n) is 5.83. The Labute approximate surface area is 116 Å². The molecule has 2 rings (SSSR count). The van der Waals surface area contributed by atoms with Gasteiger partial charge in [0, 0.05) is 19.0 Å². The third-order valence-electron chi connectivity index (χ3n) is 3.15. The highest BCUT2D eigenvalue weighted by molar-refractivity contribution is 7.80. The number of hydrogen-bond donors (Lipinski definition) is 1. The van der Waals surface area contributed by atoms with E-state index in [1.54, 1.807) is 7.11 Å². The van der Waals surface area contributed by atoms with Crippen LogP contribution >= 0.6 is 23.6 Å². The van der Waals surface area contributed by atoms with Gasteiger partial charge in [0.2, 0.25) is 0 Å². The molecule has 2 heterocycles. The van der Waals surface area contributed by atoms with E-state index in [-0.39, 0.29) is 11.8 Å². The molecule has 0 saturated carbocycles. The number of carbonyl (C=O) groups is 1. The summed E-state index contributed by atoms with van der Waals surface area (Å²) < 4.78 is 5.18. The average Bonchev–Trinajstić information content (AvgIpc) is 2.86. The van der Waals surface area contributed by atoms with Crippen molar-refractivity contribution in [1.82, 2.24) is 4.90 Å². The maximum atomic E-state index is 12.4. The molecule has 1 amide bonds. The Kier molecular flexibility index (Phi) is 4.19. The molecule has 0 aliphatic carbocycles. The van der Waals surface area contributed by atoms with Crippen LogP contribution in [0.1, 0.15) is 22.5 Å². The van der Waals surface area contributed by atoms with Crippen molar-refractivity contribution in [3.05, 3.63) is 16.3 Å². The van der Waals surface area contributed by atoms with E-state index < -0.39 is 0 Å². The summed E-state index contributed by atoms with van der Waals surface area (Å²) in [6.45, 7) is 1.38. The van der Waals surface area contributed by atoms with Crippen molar-refractivity contribution in [1.29, 1.82) is 0 Å². The van der Waals surface area contributed by atoms with Crippen molar-refractivity contribution in [2.45, 2.75) is 12.8 Å². The first-order valence-corrected chi connectivity index (χ1v) is 7.12. The molecule has 18 heavy (non-hydrogen) atoms. The minimum atomic E-state index is 0.0165. The number of ether oxygens (including phenoxy) is 1. The number of amides is 1. The van der Waals surface area contributed by atoms with Crippen LogP contribution in [0.25, 0.3) is 0 Å². The summed E-state index contributed by atoms with van der Waals surface area (Å²) in [5, 5.41) is 1.86. The van der Waals surface area contributed by atoms with Crippen LogP contribution in [0.2, 0.25) is 0 Å². The number of thiocarbonyl (C=S) groups is 1. The van der Waals surface area contributed by atoms with Gasteiger partial charge < -0.3 is 15.4 Å². The summed E-state index contributed by atoms with van der Waals surface area (Å²) >= 11 is 6.43. The fraction of sp³-hybridized carbons (Fsp3) is 0.500. The Morgan fingerprint density at radius 3 is 3.11 bits per heavy atom. The highest BCUT2D eigenvalue weighted by Crippen LogP contribution is 2.28. The van der Waals surface area contributed by atoms with Crippen molar-refractivity contribution >= 4 is 34.5 Å². The molecule has 1 aromatic heterocycles. The monoisotopic (exact) mass is 284 g/mol. The molecule has 1 aromatic rings. The lowest BCUT2D eigenvalue weighted by atomic mass is 9.98. The Hall–Kier alpha value is -1.14. The Bertz CT molecular complexity index is 459. The van der Waals surface area contributed by atoms with Gasteiger partial charge in [0.1, 0.15) is 10.6 Å². The number of piperidine rings is 1. The summed E-state index contributed by atoms with van der Waals surface area (Å²) in [6.07, 6.45) is 1.92. The molecule has 1 saturated heterocycles. The molecule has 2 N–H and O–H groups in total. The van der Waals surface area contributed by atoms with Gasteiger partial charge in [0.25, 0.3) is 5.91 Å². The molecule has 0 spiro atoms. The highest BCUT2D eigenvalue weighted by atomic mass is 32.1. The predicted molar refractivity (Wildman–Crippen MR) is 76.3 cm³/mol. The van der Waals surface area contributed by atoms with Crippen LogP contribution < -0.4 is 10.5 Å². The van der Waals surface area contributed by atoms with Crippen LogP contribution in [0.4, 0.5) is 0 Å². The number of methoxy groups -OCH3 is 1. The summed E-state index contributed by atoms with van der Waals surface area (Å²) in [4.78, 5) is 15.4. The Morgan fingerprint density at radius 1 is 1.67 bits per heavy atom. The number of likely N-dealkylation sites (tertiary alicyclic amines) is 1. The van der Waals surface area contributed by atoms with Crippen LogP contribution in [0, 0.1) is 5.92 Å². The van der Waals surface area contributed by atoms with E-state index in [9.17, 15) is 4.79 Å². The van der Waals surface area contributed by atoms with Crippen LogP contribution in [-0.4, -0.2) is 36.0 Å². The van der Waals surface area contributed by atoms with Crippen LogP contribution in [0.5, 0.6) is 5.75 Å². The minimum Gasteiger partial charge on any atom is -0.495 e. The predicted octanol–water partition coefficient (Wildman–Crippen LogP) is 1.90. The van der Waals surface area contributed by atoms with E-state index in [0.29, 0.717) is 22.2 Å².